The second-order valence-electron chi connectivity index (χ2n) is 30.3. The quantitative estimate of drug-likeness (QED) is 0.0137. The van der Waals surface area contributed by atoms with Crippen molar-refractivity contribution in [2.45, 2.75) is 223 Å². The summed E-state index contributed by atoms with van der Waals surface area (Å²) in [6.07, 6.45) is -3.41. The van der Waals surface area contributed by atoms with E-state index in [2.05, 4.69) is 58.5 Å². The number of nitrogens with two attached hydrogens (primary N) is 2. The molecule has 2 aromatic carbocycles. The van der Waals surface area contributed by atoms with E-state index in [0.29, 0.717) is 12.3 Å². The lowest BCUT2D eigenvalue weighted by atomic mass is 9.98. The molecular weight excluding hydrogens is 1590 g/mol. The number of aliphatic hydroxyl groups excluding tert-OH is 3. The Bertz CT molecular complexity index is 4180. The number of carboxylic acid groups (broad SMARTS) is 3. The maximum Gasteiger partial charge on any atom is 0.335 e. The van der Waals surface area contributed by atoms with E-state index in [9.17, 15) is 112 Å². The molecular formula is C78H111N17O26. The Morgan fingerprint density at radius 1 is 0.612 bits per heavy atom. The van der Waals surface area contributed by atoms with Crippen molar-refractivity contribution in [3.63, 3.8) is 0 Å². The van der Waals surface area contributed by atoms with E-state index >= 15 is 14.4 Å². The van der Waals surface area contributed by atoms with Crippen LogP contribution in [0.2, 0.25) is 0 Å². The van der Waals surface area contributed by atoms with Gasteiger partial charge < -0.3 is 126 Å². The number of phenolic OH excluding ortho intramolecular Hbond substituents is 1. The first-order valence-corrected chi connectivity index (χ1v) is 39.4. The van der Waals surface area contributed by atoms with Gasteiger partial charge in [-0.05, 0) is 113 Å². The number of rotatable bonds is 33. The minimum Gasteiger partial charge on any atom is -0.508 e. The van der Waals surface area contributed by atoms with Gasteiger partial charge >= 0.3 is 17.9 Å². The number of Topliss-reactive ketones (excluding diaryl/α,β-unsaturated/α-hetero) is 1. The Hall–Kier alpha value is -12.5. The van der Waals surface area contributed by atoms with Crippen LogP contribution in [0.5, 0.6) is 5.75 Å². The molecule has 3 saturated heterocycles. The Morgan fingerprint density at radius 2 is 1.19 bits per heavy atom. The molecule has 0 spiro atoms. The van der Waals surface area contributed by atoms with Gasteiger partial charge in [-0.3, -0.25) is 81.5 Å². The van der Waals surface area contributed by atoms with Gasteiger partial charge in [-0.2, -0.15) is 0 Å². The number of aliphatic hydroxyl groups is 3. The molecule has 15 amide bonds. The first-order chi connectivity index (χ1) is 57.0. The van der Waals surface area contributed by atoms with Crippen molar-refractivity contribution < 1.29 is 127 Å². The molecule has 664 valence electrons. The summed E-state index contributed by atoms with van der Waals surface area (Å²) in [6, 6.07) is -14.3. The van der Waals surface area contributed by atoms with Crippen LogP contribution in [0, 0.1) is 17.8 Å². The number of carbonyl (C=O) groups is 19. The average Bonchev–Trinajstić information content (AvgIpc) is 1.70. The molecule has 43 nitrogen and oxygen atoms in total. The maximum atomic E-state index is 15.5. The van der Waals surface area contributed by atoms with Crippen LogP contribution in [0.15, 0.2) is 72.8 Å². The van der Waals surface area contributed by atoms with Gasteiger partial charge in [-0.1, -0.05) is 90.5 Å². The van der Waals surface area contributed by atoms with Crippen molar-refractivity contribution >= 4 is 118 Å². The Labute approximate surface area is 695 Å². The third-order valence-corrected chi connectivity index (χ3v) is 20.2. The van der Waals surface area contributed by atoms with Gasteiger partial charge in [0.1, 0.15) is 78.3 Å². The van der Waals surface area contributed by atoms with E-state index in [1.165, 1.54) is 95.3 Å². The molecule has 24 N–H and O–H groups in total. The highest BCUT2D eigenvalue weighted by molar-refractivity contribution is 6.06. The molecule has 3 heterocycles. The minimum atomic E-state index is -2.82. The van der Waals surface area contributed by atoms with Crippen molar-refractivity contribution in [3.05, 3.63) is 84.0 Å². The van der Waals surface area contributed by atoms with Crippen molar-refractivity contribution in [1.29, 1.82) is 0 Å². The SMILES string of the molecule is CCC(C)C/C=C/C=C/C(=O)NC(C(=O)NCC(=O)NC(CC(=O)O)C(=O)NC(CCCN)C(=O)NC(Cc1ccc(O)cc1)C(=O)NC1C(=O)NC(C(C)C)C(=O)NC(CC(=O)c2ccccc2N)C(=O)NC(C(O)C(=O)O)C(=O)N2CCCC2C(=O)NCC(=O)NC(C(C)O)C(=O)NC(C(C)C)C(=O)N2CCCC2C(=O)NC1C)C(O)C(=O)O. The first-order valence-electron chi connectivity index (χ1n) is 39.4. The number of anilines is 1. The summed E-state index contributed by atoms with van der Waals surface area (Å²) in [4.78, 5) is 268. The van der Waals surface area contributed by atoms with Crippen LogP contribution in [0.3, 0.4) is 0 Å². The largest absolute Gasteiger partial charge is 0.508 e. The molecule has 5 rings (SSSR count). The molecule has 0 aromatic heterocycles. The molecule has 121 heavy (non-hydrogen) atoms. The normalized spacial score (nSPS) is 22.8. The zero-order chi connectivity index (χ0) is 90.4. The smallest absolute Gasteiger partial charge is 0.335 e. The van der Waals surface area contributed by atoms with Crippen LogP contribution >= 0.6 is 0 Å². The van der Waals surface area contributed by atoms with Gasteiger partial charge in [-0.25, -0.2) is 9.59 Å². The standard InChI is InChI=1S/C78H111N17O26/c1-9-39(6)18-11-10-12-24-53(99)88-61(63(104)77(118)119)71(112)82-35-54(100)84-49(34-56(102)103)66(107)85-46(21-15-29-79)65(106)86-47(32-42-25-27-43(97)28-26-42)67(108)92-59-40(7)83-70(111)51-23-17-31-95(51)75(116)58(38(4)5)91-74(115)60(41(8)96)89-55(101)36-81-69(110)50-22-16-30-94(50)76(117)62(64(105)78(120)121)93-68(109)48(33-52(98)44-19-13-14-20-45(44)80)87-72(113)57(37(2)3)90-73(59)114/h10-14,19-20,24-28,37-41,46-51,57-64,96-97,104-105H,9,15-18,21-23,29-36,79-80H2,1-8H3,(H,81,110)(H,82,112)(H,83,111)(H,84,100)(H,85,107)(H,86,106)(H,87,113)(H,88,99)(H,89,101)(H,90,114)(H,91,115)(H,92,108)(H,93,109)(H,102,103)(H,118,119)(H,120,121)/b11-10+,24-12+. The fraction of sp³-hybridized carbons (Fsp3) is 0.551. The third-order valence-electron chi connectivity index (χ3n) is 20.2. The molecule has 43 heteroatoms. The monoisotopic (exact) mass is 1700 g/mol. The number of phenols is 1. The number of fused-ring (bicyclic) bond motifs is 2. The number of aromatic hydroxyl groups is 1. The van der Waals surface area contributed by atoms with E-state index in [0.717, 1.165) is 29.2 Å². The summed E-state index contributed by atoms with van der Waals surface area (Å²) < 4.78 is 0. The van der Waals surface area contributed by atoms with Gasteiger partial charge in [0.15, 0.2) is 18.0 Å². The number of hydrogen-bond acceptors (Lipinski definition) is 25. The highest BCUT2D eigenvalue weighted by atomic mass is 16.4. The molecule has 17 atom stereocenters. The van der Waals surface area contributed by atoms with Gasteiger partial charge in [0.05, 0.1) is 31.7 Å². The molecule has 3 aliphatic heterocycles. The number of aliphatic carboxylic acids is 3. The van der Waals surface area contributed by atoms with E-state index < -0.39 is 260 Å². The molecule has 3 aliphatic rings. The zero-order valence-electron chi connectivity index (χ0n) is 68.1. The van der Waals surface area contributed by atoms with Gasteiger partial charge in [0, 0.05) is 43.3 Å². The highest BCUT2D eigenvalue weighted by Gasteiger charge is 2.47. The third kappa shape index (κ3) is 29.8. The molecule has 0 bridgehead atoms. The summed E-state index contributed by atoms with van der Waals surface area (Å²) in [6.45, 7) is 9.41. The number of hydrogen-bond donors (Lipinski definition) is 22. The van der Waals surface area contributed by atoms with Crippen molar-refractivity contribution in [3.8, 4) is 5.75 Å². The fourth-order valence-corrected chi connectivity index (χ4v) is 13.1. The van der Waals surface area contributed by atoms with Crippen LogP contribution in [-0.2, 0) is 92.7 Å². The Balaban J connectivity index is 1.60. The van der Waals surface area contributed by atoms with E-state index in [1.807, 2.05) is 24.5 Å². The molecule has 0 radical (unpaired) electrons. The van der Waals surface area contributed by atoms with Crippen LogP contribution < -0.4 is 80.6 Å². The molecule has 0 aliphatic carbocycles. The number of nitrogens with one attached hydrogen (secondary N) is 13. The fourth-order valence-electron chi connectivity index (χ4n) is 13.1. The number of benzene rings is 2. The summed E-state index contributed by atoms with van der Waals surface area (Å²) in [5.41, 5.74) is 11.8. The van der Waals surface area contributed by atoms with Crippen LogP contribution in [0.4, 0.5) is 5.69 Å². The summed E-state index contributed by atoms with van der Waals surface area (Å²) >= 11 is 0. The summed E-state index contributed by atoms with van der Waals surface area (Å²) in [5.74, 6) is -26.9. The zero-order valence-corrected chi connectivity index (χ0v) is 68.1. The lowest BCUT2D eigenvalue weighted by molar-refractivity contribution is -0.155. The van der Waals surface area contributed by atoms with Crippen molar-refractivity contribution in [2.75, 3.05) is 38.5 Å². The predicted molar refractivity (Wildman–Crippen MR) is 426 cm³/mol. The van der Waals surface area contributed by atoms with Crippen molar-refractivity contribution in [2.24, 2.45) is 23.5 Å². The lowest BCUT2D eigenvalue weighted by Gasteiger charge is -2.34. The van der Waals surface area contributed by atoms with Crippen LogP contribution in [0.25, 0.3) is 0 Å². The number of ketones is 1. The predicted octanol–water partition coefficient (Wildman–Crippen LogP) is -6.28. The molecule has 3 fully saturated rings. The first kappa shape index (κ1) is 99.1. The highest BCUT2D eigenvalue weighted by Crippen LogP contribution is 2.24. The number of amides is 15. The topological polar surface area (TPSA) is 681 Å². The number of allylic oxidation sites excluding steroid dienone is 3. The lowest BCUT2D eigenvalue weighted by Crippen LogP contribution is -2.65. The summed E-state index contributed by atoms with van der Waals surface area (Å²) in [7, 11) is 0. The van der Waals surface area contributed by atoms with E-state index in [1.54, 1.807) is 6.08 Å². The number of carbonyl (C=O) groups excluding carboxylic acids is 16. The number of nitrogen functional groups attached to an aromatic ring is 1. The second kappa shape index (κ2) is 47.3. The molecule has 2 aromatic rings. The minimum absolute atomic E-state index is 0.0484. The average molecular weight is 1700 g/mol. The Kier molecular flexibility index (Phi) is 38.7. The van der Waals surface area contributed by atoms with E-state index in [4.69, 9.17) is 11.5 Å². The maximum absolute atomic E-state index is 15.5. The van der Waals surface area contributed by atoms with Gasteiger partial charge in [-0.15, -0.1) is 0 Å². The molecule has 0 saturated carbocycles. The van der Waals surface area contributed by atoms with Gasteiger partial charge in [0.25, 0.3) is 0 Å². The molecule has 17 unspecified atom stereocenters. The Morgan fingerprint density at radius 3 is 1.77 bits per heavy atom. The van der Waals surface area contributed by atoms with Crippen LogP contribution in [-0.4, -0.2) is 287 Å². The number of carboxylic acids is 3. The van der Waals surface area contributed by atoms with E-state index in [-0.39, 0.29) is 74.3 Å². The number of nitrogens with zero attached hydrogens (tertiary/aromatic N) is 2. The second-order valence-corrected chi connectivity index (χ2v) is 30.3. The summed E-state index contributed by atoms with van der Waals surface area (Å²) in [5, 5.41) is 102. The van der Waals surface area contributed by atoms with Gasteiger partial charge in [0.2, 0.25) is 88.6 Å². The number of para-hydroxylation sites is 1. The van der Waals surface area contributed by atoms with Crippen molar-refractivity contribution in [1.82, 2.24) is 78.9 Å². The van der Waals surface area contributed by atoms with Crippen LogP contribution in [0.1, 0.15) is 136 Å².